The van der Waals surface area contributed by atoms with Crippen molar-refractivity contribution in [2.24, 2.45) is 0 Å². The zero-order valence-electron chi connectivity index (χ0n) is 8.34. The lowest BCUT2D eigenvalue weighted by molar-refractivity contribution is 0.418. The van der Waals surface area contributed by atoms with Gasteiger partial charge in [-0.2, -0.15) is 0 Å². The number of hydrogen-bond acceptors (Lipinski definition) is 2. The Labute approximate surface area is 91.6 Å². The number of aromatic nitrogens is 1. The van der Waals surface area contributed by atoms with Crippen LogP contribution in [0.4, 0.5) is 4.39 Å². The Balaban J connectivity index is 2.93. The van der Waals surface area contributed by atoms with Crippen molar-refractivity contribution in [3.05, 3.63) is 34.7 Å². The average molecular weight is 226 g/mol. The highest BCUT2D eigenvalue weighted by Gasteiger charge is 2.12. The number of halogens is 2. The average Bonchev–Trinajstić information content (AvgIpc) is 2.24. The van der Waals surface area contributed by atoms with Crippen LogP contribution in [0.2, 0.25) is 5.02 Å². The van der Waals surface area contributed by atoms with E-state index in [4.69, 9.17) is 16.3 Å². The summed E-state index contributed by atoms with van der Waals surface area (Å²) in [5.41, 5.74) is 1.20. The van der Waals surface area contributed by atoms with Crippen molar-refractivity contribution in [2.75, 3.05) is 7.11 Å². The number of nitrogens with zero attached hydrogens (tertiary/aromatic N) is 1. The van der Waals surface area contributed by atoms with E-state index in [1.54, 1.807) is 13.1 Å². The molecule has 0 amide bonds. The van der Waals surface area contributed by atoms with Gasteiger partial charge in [0.2, 0.25) is 0 Å². The molecule has 0 aliphatic carbocycles. The zero-order chi connectivity index (χ0) is 11.0. The van der Waals surface area contributed by atoms with Crippen molar-refractivity contribution in [2.45, 2.75) is 6.92 Å². The number of benzene rings is 1. The maximum atomic E-state index is 13.6. The van der Waals surface area contributed by atoms with Gasteiger partial charge < -0.3 is 4.74 Å². The first-order valence-electron chi connectivity index (χ1n) is 4.42. The fourth-order valence-electron chi connectivity index (χ4n) is 1.46. The number of ether oxygens (including phenoxy) is 1. The highest BCUT2D eigenvalue weighted by molar-refractivity contribution is 6.36. The molecule has 0 unspecified atom stereocenters. The summed E-state index contributed by atoms with van der Waals surface area (Å²) in [5, 5.41) is 0.701. The summed E-state index contributed by atoms with van der Waals surface area (Å²) in [5.74, 6) is 0.139. The standard InChI is InChI=1S/C11H9ClFNO/c1-6-5-14-11-8(15-2)4-3-7(13)9(11)10(6)12/h3-5H,1-2H3. The van der Waals surface area contributed by atoms with E-state index in [0.29, 0.717) is 21.7 Å². The first kappa shape index (κ1) is 10.2. The van der Waals surface area contributed by atoms with Gasteiger partial charge in [0.25, 0.3) is 0 Å². The van der Waals surface area contributed by atoms with E-state index in [1.807, 2.05) is 0 Å². The Kier molecular flexibility index (Phi) is 2.49. The molecular weight excluding hydrogens is 217 g/mol. The van der Waals surface area contributed by atoms with E-state index in [0.717, 1.165) is 5.56 Å². The van der Waals surface area contributed by atoms with Crippen molar-refractivity contribution in [3.63, 3.8) is 0 Å². The van der Waals surface area contributed by atoms with Crippen LogP contribution in [0, 0.1) is 12.7 Å². The summed E-state index contributed by atoms with van der Waals surface area (Å²) in [7, 11) is 1.52. The quantitative estimate of drug-likeness (QED) is 0.743. The minimum Gasteiger partial charge on any atom is -0.494 e. The summed E-state index contributed by atoms with van der Waals surface area (Å²) in [6.45, 7) is 1.79. The molecule has 15 heavy (non-hydrogen) atoms. The van der Waals surface area contributed by atoms with E-state index in [-0.39, 0.29) is 5.82 Å². The predicted molar refractivity (Wildman–Crippen MR) is 58.0 cm³/mol. The Bertz CT molecular complexity index is 527. The Morgan fingerprint density at radius 2 is 2.13 bits per heavy atom. The molecule has 0 saturated carbocycles. The first-order chi connectivity index (χ1) is 7.15. The van der Waals surface area contributed by atoms with Gasteiger partial charge in [0.1, 0.15) is 17.1 Å². The molecule has 0 radical (unpaired) electrons. The largest absolute Gasteiger partial charge is 0.494 e. The summed E-state index contributed by atoms with van der Waals surface area (Å²) >= 11 is 6.02. The molecule has 0 atom stereocenters. The van der Waals surface area contributed by atoms with Crippen LogP contribution in [0.15, 0.2) is 18.3 Å². The van der Waals surface area contributed by atoms with Gasteiger partial charge >= 0.3 is 0 Å². The molecule has 0 spiro atoms. The summed E-state index contributed by atoms with van der Waals surface area (Å²) < 4.78 is 18.7. The Morgan fingerprint density at radius 1 is 1.40 bits per heavy atom. The van der Waals surface area contributed by atoms with Gasteiger partial charge in [0.05, 0.1) is 17.5 Å². The highest BCUT2D eigenvalue weighted by atomic mass is 35.5. The van der Waals surface area contributed by atoms with Gasteiger partial charge in [-0.25, -0.2) is 4.39 Å². The fraction of sp³-hybridized carbons (Fsp3) is 0.182. The second-order valence-corrected chi connectivity index (χ2v) is 3.61. The van der Waals surface area contributed by atoms with E-state index in [1.165, 1.54) is 19.2 Å². The molecule has 0 saturated heterocycles. The van der Waals surface area contributed by atoms with Crippen LogP contribution in [0.3, 0.4) is 0 Å². The molecule has 1 aromatic carbocycles. The molecule has 4 heteroatoms. The third-order valence-corrected chi connectivity index (χ3v) is 2.75. The lowest BCUT2D eigenvalue weighted by atomic mass is 10.1. The second-order valence-electron chi connectivity index (χ2n) is 3.23. The number of aryl methyl sites for hydroxylation is 1. The molecule has 0 fully saturated rings. The number of rotatable bonds is 1. The minimum absolute atomic E-state index is 0.316. The normalized spacial score (nSPS) is 10.7. The Morgan fingerprint density at radius 3 is 2.80 bits per heavy atom. The maximum absolute atomic E-state index is 13.6. The summed E-state index contributed by atoms with van der Waals surface area (Å²) in [6.07, 6.45) is 1.60. The Hall–Kier alpha value is -1.35. The van der Waals surface area contributed by atoms with Gasteiger partial charge in [0, 0.05) is 6.20 Å². The van der Waals surface area contributed by atoms with Crippen LogP contribution < -0.4 is 4.74 Å². The summed E-state index contributed by atoms with van der Waals surface area (Å²) in [6, 6.07) is 2.87. The molecule has 1 aromatic heterocycles. The molecule has 0 aliphatic heterocycles. The van der Waals surface area contributed by atoms with Crippen LogP contribution >= 0.6 is 11.6 Å². The number of fused-ring (bicyclic) bond motifs is 1. The zero-order valence-corrected chi connectivity index (χ0v) is 9.10. The molecule has 0 aliphatic rings. The topological polar surface area (TPSA) is 22.1 Å². The smallest absolute Gasteiger partial charge is 0.145 e. The highest BCUT2D eigenvalue weighted by Crippen LogP contribution is 2.32. The molecule has 0 N–H and O–H groups in total. The van der Waals surface area contributed by atoms with Gasteiger partial charge in [-0.1, -0.05) is 11.6 Å². The maximum Gasteiger partial charge on any atom is 0.145 e. The van der Waals surface area contributed by atoms with E-state index in [9.17, 15) is 4.39 Å². The van der Waals surface area contributed by atoms with Crippen LogP contribution in [-0.4, -0.2) is 12.1 Å². The van der Waals surface area contributed by atoms with E-state index in [2.05, 4.69) is 4.98 Å². The minimum atomic E-state index is -0.382. The molecule has 2 nitrogen and oxygen atoms in total. The fourth-order valence-corrected chi connectivity index (χ4v) is 1.69. The van der Waals surface area contributed by atoms with E-state index >= 15 is 0 Å². The van der Waals surface area contributed by atoms with Crippen molar-refractivity contribution >= 4 is 22.5 Å². The van der Waals surface area contributed by atoms with Crippen LogP contribution in [0.1, 0.15) is 5.56 Å². The van der Waals surface area contributed by atoms with Gasteiger partial charge in [-0.15, -0.1) is 0 Å². The van der Waals surface area contributed by atoms with Gasteiger partial charge in [-0.3, -0.25) is 4.98 Å². The summed E-state index contributed by atoms with van der Waals surface area (Å²) in [4.78, 5) is 4.12. The van der Waals surface area contributed by atoms with Crippen molar-refractivity contribution in [1.29, 1.82) is 0 Å². The molecule has 2 rings (SSSR count). The lowest BCUT2D eigenvalue weighted by Gasteiger charge is -2.08. The monoisotopic (exact) mass is 225 g/mol. The molecular formula is C11H9ClFNO. The lowest BCUT2D eigenvalue weighted by Crippen LogP contribution is -1.92. The molecule has 0 bridgehead atoms. The van der Waals surface area contributed by atoms with Gasteiger partial charge in [0.15, 0.2) is 0 Å². The predicted octanol–water partition coefficient (Wildman–Crippen LogP) is 3.34. The first-order valence-corrected chi connectivity index (χ1v) is 4.80. The third-order valence-electron chi connectivity index (χ3n) is 2.26. The molecule has 1 heterocycles. The number of pyridine rings is 1. The van der Waals surface area contributed by atoms with Crippen molar-refractivity contribution < 1.29 is 9.13 Å². The second kappa shape index (κ2) is 3.66. The molecule has 78 valence electrons. The third kappa shape index (κ3) is 1.53. The van der Waals surface area contributed by atoms with Crippen LogP contribution in [0.25, 0.3) is 10.9 Å². The molecule has 2 aromatic rings. The van der Waals surface area contributed by atoms with Crippen LogP contribution in [0.5, 0.6) is 5.75 Å². The van der Waals surface area contributed by atoms with Gasteiger partial charge in [-0.05, 0) is 24.6 Å². The SMILES string of the molecule is COc1ccc(F)c2c(Cl)c(C)cnc12. The van der Waals surface area contributed by atoms with Crippen LogP contribution in [-0.2, 0) is 0 Å². The number of hydrogen-bond donors (Lipinski definition) is 0. The van der Waals surface area contributed by atoms with E-state index < -0.39 is 0 Å². The number of methoxy groups -OCH3 is 1. The van der Waals surface area contributed by atoms with Crippen molar-refractivity contribution in [1.82, 2.24) is 4.98 Å². The van der Waals surface area contributed by atoms with Crippen molar-refractivity contribution in [3.8, 4) is 5.75 Å².